The molecule has 1 aromatic rings. The monoisotopic (exact) mass is 254 g/mol. The molecule has 0 saturated carbocycles. The SMILES string of the molecule is CCC(Cc1ccccc1)(C(=O)O)C(=O)O.[LiH].[NaH]. The van der Waals surface area contributed by atoms with Gasteiger partial charge in [0.05, 0.1) is 0 Å². The summed E-state index contributed by atoms with van der Waals surface area (Å²) in [7, 11) is 0. The zero-order valence-electron chi connectivity index (χ0n) is 9.01. The Balaban J connectivity index is 0. The van der Waals surface area contributed by atoms with Gasteiger partial charge in [-0.2, -0.15) is 0 Å². The van der Waals surface area contributed by atoms with Crippen molar-refractivity contribution in [1.82, 2.24) is 0 Å². The maximum absolute atomic E-state index is 11.1. The Morgan fingerprint density at radius 3 is 1.89 bits per heavy atom. The molecule has 0 amide bonds. The summed E-state index contributed by atoms with van der Waals surface area (Å²) in [6, 6.07) is 8.80. The van der Waals surface area contributed by atoms with E-state index in [-0.39, 0.29) is 61.3 Å². The Morgan fingerprint density at radius 1 is 1.11 bits per heavy atom. The third kappa shape index (κ3) is 4.45. The van der Waals surface area contributed by atoms with Crippen LogP contribution in [0.4, 0.5) is 0 Å². The normalized spacial score (nSPS) is 9.83. The Hall–Kier alpha value is -0.243. The van der Waals surface area contributed by atoms with E-state index in [0.29, 0.717) is 5.56 Å². The fourth-order valence-corrected chi connectivity index (χ4v) is 1.61. The third-order valence-corrected chi connectivity index (χ3v) is 2.77. The van der Waals surface area contributed by atoms with Gasteiger partial charge in [0.1, 0.15) is 0 Å². The number of carboxylic acid groups (broad SMARTS) is 2. The van der Waals surface area contributed by atoms with E-state index < -0.39 is 17.4 Å². The maximum atomic E-state index is 11.1. The van der Waals surface area contributed by atoms with Crippen molar-refractivity contribution in [2.24, 2.45) is 5.41 Å². The summed E-state index contributed by atoms with van der Waals surface area (Å²) in [4.78, 5) is 22.2. The first kappa shape index (κ1) is 20.1. The predicted octanol–water partition coefficient (Wildman–Crippen LogP) is 0.498. The van der Waals surface area contributed by atoms with Crippen LogP contribution in [-0.2, 0) is 16.0 Å². The van der Waals surface area contributed by atoms with Gasteiger partial charge in [0.25, 0.3) is 0 Å². The van der Waals surface area contributed by atoms with Crippen LogP contribution in [0.15, 0.2) is 30.3 Å². The zero-order chi connectivity index (χ0) is 12.2. The first-order valence-electron chi connectivity index (χ1n) is 5.03. The van der Waals surface area contributed by atoms with Crippen molar-refractivity contribution in [1.29, 1.82) is 0 Å². The molecule has 0 unspecified atom stereocenters. The minimum absolute atomic E-state index is 0. The van der Waals surface area contributed by atoms with Gasteiger partial charge in [0.15, 0.2) is 5.41 Å². The Bertz CT molecular complexity index is 380. The van der Waals surface area contributed by atoms with E-state index in [4.69, 9.17) is 10.2 Å². The molecule has 1 rings (SSSR count). The van der Waals surface area contributed by atoms with E-state index in [1.54, 1.807) is 37.3 Å². The molecule has 2 N–H and O–H groups in total. The van der Waals surface area contributed by atoms with E-state index in [2.05, 4.69) is 0 Å². The Morgan fingerprint density at radius 2 is 1.56 bits per heavy atom. The van der Waals surface area contributed by atoms with Gasteiger partial charge >= 0.3 is 60.4 Å². The van der Waals surface area contributed by atoms with Crippen molar-refractivity contribution in [3.63, 3.8) is 0 Å². The molecule has 0 fully saturated rings. The van der Waals surface area contributed by atoms with Gasteiger partial charge in [0, 0.05) is 0 Å². The van der Waals surface area contributed by atoms with Crippen LogP contribution in [0.2, 0.25) is 0 Å². The molecule has 0 aliphatic rings. The second kappa shape index (κ2) is 8.79. The molecular weight excluding hydrogens is 238 g/mol. The van der Waals surface area contributed by atoms with Gasteiger partial charge in [-0.15, -0.1) is 0 Å². The topological polar surface area (TPSA) is 74.6 Å². The van der Waals surface area contributed by atoms with Gasteiger partial charge < -0.3 is 10.2 Å². The first-order chi connectivity index (χ1) is 7.53. The van der Waals surface area contributed by atoms with Crippen molar-refractivity contribution in [2.45, 2.75) is 19.8 Å². The van der Waals surface area contributed by atoms with E-state index in [1.165, 1.54) is 0 Å². The summed E-state index contributed by atoms with van der Waals surface area (Å²) < 4.78 is 0. The molecule has 4 nitrogen and oxygen atoms in total. The van der Waals surface area contributed by atoms with E-state index in [0.717, 1.165) is 0 Å². The van der Waals surface area contributed by atoms with Crippen molar-refractivity contribution in [3.05, 3.63) is 35.9 Å². The third-order valence-electron chi connectivity index (χ3n) is 2.77. The van der Waals surface area contributed by atoms with Gasteiger partial charge in [-0.1, -0.05) is 37.3 Å². The average Bonchev–Trinajstić information content (AvgIpc) is 2.26. The molecule has 0 atom stereocenters. The molecule has 0 radical (unpaired) electrons. The summed E-state index contributed by atoms with van der Waals surface area (Å²) in [5, 5.41) is 18.1. The minimum atomic E-state index is -1.72. The molecule has 1 aromatic carbocycles. The number of benzene rings is 1. The van der Waals surface area contributed by atoms with Gasteiger partial charge in [-0.3, -0.25) is 9.59 Å². The van der Waals surface area contributed by atoms with Crippen LogP contribution in [-0.4, -0.2) is 70.6 Å². The first-order valence-corrected chi connectivity index (χ1v) is 5.03. The number of carboxylic acids is 2. The van der Waals surface area contributed by atoms with Crippen molar-refractivity contribution in [2.75, 3.05) is 0 Å². The van der Waals surface area contributed by atoms with Crippen molar-refractivity contribution >= 4 is 60.4 Å². The van der Waals surface area contributed by atoms with Crippen LogP contribution >= 0.6 is 0 Å². The zero-order valence-corrected chi connectivity index (χ0v) is 9.01. The van der Waals surface area contributed by atoms with E-state index in [1.807, 2.05) is 0 Å². The molecule has 6 heteroatoms. The second-order valence-corrected chi connectivity index (χ2v) is 3.71. The van der Waals surface area contributed by atoms with Crippen molar-refractivity contribution < 1.29 is 19.8 Å². The fraction of sp³-hybridized carbons (Fsp3) is 0.333. The summed E-state index contributed by atoms with van der Waals surface area (Å²) in [6.45, 7) is 1.57. The molecule has 0 heterocycles. The number of rotatable bonds is 5. The Labute approximate surface area is 140 Å². The summed E-state index contributed by atoms with van der Waals surface area (Å²) in [5.41, 5.74) is -1.00. The summed E-state index contributed by atoms with van der Waals surface area (Å²) in [5.74, 6) is -2.57. The number of hydrogen-bond acceptors (Lipinski definition) is 2. The summed E-state index contributed by atoms with van der Waals surface area (Å²) >= 11 is 0. The fourth-order valence-electron chi connectivity index (χ4n) is 1.61. The van der Waals surface area contributed by atoms with Gasteiger partial charge in [0.2, 0.25) is 0 Å². The molecule has 0 aliphatic heterocycles. The second-order valence-electron chi connectivity index (χ2n) is 3.71. The number of hydrogen-bond donors (Lipinski definition) is 2. The van der Waals surface area contributed by atoms with Crippen LogP contribution in [0, 0.1) is 5.41 Å². The predicted molar refractivity (Wildman–Crippen MR) is 72.4 cm³/mol. The van der Waals surface area contributed by atoms with Crippen LogP contribution in [0.1, 0.15) is 18.9 Å². The van der Waals surface area contributed by atoms with E-state index in [9.17, 15) is 9.59 Å². The average molecular weight is 254 g/mol. The molecule has 0 spiro atoms. The van der Waals surface area contributed by atoms with Crippen molar-refractivity contribution in [3.8, 4) is 0 Å². The quantitative estimate of drug-likeness (QED) is 0.592. The molecular formula is C12H16LiNaO4. The summed E-state index contributed by atoms with van der Waals surface area (Å²) in [6.07, 6.45) is 0.0710. The molecule has 0 bridgehead atoms. The number of carbonyl (C=O) groups is 2. The molecule has 18 heavy (non-hydrogen) atoms. The molecule has 90 valence electrons. The molecule has 0 aromatic heterocycles. The van der Waals surface area contributed by atoms with Gasteiger partial charge in [-0.05, 0) is 18.4 Å². The molecule has 0 aliphatic carbocycles. The van der Waals surface area contributed by atoms with E-state index >= 15 is 0 Å². The van der Waals surface area contributed by atoms with Gasteiger partial charge in [-0.25, -0.2) is 0 Å². The van der Waals surface area contributed by atoms with Crippen LogP contribution in [0.5, 0.6) is 0 Å². The Kier molecular flexibility index (Phi) is 9.81. The van der Waals surface area contributed by atoms with Crippen LogP contribution < -0.4 is 0 Å². The molecule has 0 saturated heterocycles. The van der Waals surface area contributed by atoms with Crippen LogP contribution in [0.3, 0.4) is 0 Å². The van der Waals surface area contributed by atoms with Crippen LogP contribution in [0.25, 0.3) is 0 Å². The standard InChI is InChI=1S/C12H14O4.Li.Na.2H/c1-2-12(10(13)14,11(15)16)8-9-6-4-3-5-7-9;;;;/h3-7H,2,8H2,1H3,(H,13,14)(H,15,16);;;;. The number of aliphatic carboxylic acids is 2.